The van der Waals surface area contributed by atoms with Crippen LogP contribution in [-0.4, -0.2) is 24.2 Å². The lowest BCUT2D eigenvalue weighted by atomic mass is 9.99. The van der Waals surface area contributed by atoms with Gasteiger partial charge in [-0.1, -0.05) is 18.2 Å². The van der Waals surface area contributed by atoms with E-state index in [2.05, 4.69) is 4.74 Å². The van der Waals surface area contributed by atoms with E-state index in [0.29, 0.717) is 12.8 Å². The highest BCUT2D eigenvalue weighted by molar-refractivity contribution is 5.71. The number of carboxylic acids is 1. The third-order valence-electron chi connectivity index (χ3n) is 2.60. The number of aliphatic carboxylic acids is 1. The zero-order valence-electron chi connectivity index (χ0n) is 10.0. The normalized spacial score (nSPS) is 10.0. The molecule has 0 aliphatic rings. The predicted octanol–water partition coefficient (Wildman–Crippen LogP) is 1.73. The van der Waals surface area contributed by atoms with Crippen molar-refractivity contribution in [1.29, 1.82) is 0 Å². The first-order chi connectivity index (χ1) is 8.02. The smallest absolute Gasteiger partial charge is 0.307 e. The first kappa shape index (κ1) is 13.2. The van der Waals surface area contributed by atoms with E-state index >= 15 is 0 Å². The molecule has 0 amide bonds. The molecule has 1 N–H and O–H groups in total. The number of esters is 1. The Morgan fingerprint density at radius 2 is 2.06 bits per heavy atom. The number of carboxylic acid groups (broad SMARTS) is 1. The minimum atomic E-state index is -0.854. The maximum absolute atomic E-state index is 11.0. The quantitative estimate of drug-likeness (QED) is 0.791. The lowest BCUT2D eigenvalue weighted by Gasteiger charge is -2.07. The van der Waals surface area contributed by atoms with Crippen molar-refractivity contribution in [3.8, 4) is 0 Å². The van der Waals surface area contributed by atoms with Crippen molar-refractivity contribution in [3.05, 3.63) is 34.9 Å². The summed E-state index contributed by atoms with van der Waals surface area (Å²) in [5, 5.41) is 8.71. The topological polar surface area (TPSA) is 63.6 Å². The van der Waals surface area contributed by atoms with E-state index in [4.69, 9.17) is 5.11 Å². The average Bonchev–Trinajstić information content (AvgIpc) is 2.28. The molecule has 0 bridgehead atoms. The lowest BCUT2D eigenvalue weighted by molar-refractivity contribution is -0.140. The Labute approximate surface area is 100 Å². The molecule has 1 aromatic carbocycles. The molecule has 0 unspecified atom stereocenters. The molecule has 1 aromatic rings. The van der Waals surface area contributed by atoms with Gasteiger partial charge in [0.25, 0.3) is 0 Å². The summed E-state index contributed by atoms with van der Waals surface area (Å²) in [6, 6.07) is 5.52. The molecule has 0 saturated carbocycles. The van der Waals surface area contributed by atoms with E-state index in [9.17, 15) is 9.59 Å². The van der Waals surface area contributed by atoms with Gasteiger partial charge in [-0.2, -0.15) is 0 Å². The van der Waals surface area contributed by atoms with Crippen LogP contribution in [0.25, 0.3) is 0 Å². The van der Waals surface area contributed by atoms with Crippen molar-refractivity contribution in [1.82, 2.24) is 0 Å². The largest absolute Gasteiger partial charge is 0.481 e. The van der Waals surface area contributed by atoms with Gasteiger partial charge in [-0.25, -0.2) is 0 Å². The molecule has 17 heavy (non-hydrogen) atoms. The molecule has 0 fully saturated rings. The molecule has 0 radical (unpaired) electrons. The summed E-state index contributed by atoms with van der Waals surface area (Å²) in [7, 11) is 1.36. The summed E-state index contributed by atoms with van der Waals surface area (Å²) >= 11 is 0. The van der Waals surface area contributed by atoms with Crippen molar-refractivity contribution in [2.45, 2.75) is 26.2 Å². The van der Waals surface area contributed by atoms with Crippen LogP contribution in [0.15, 0.2) is 18.2 Å². The Morgan fingerprint density at radius 1 is 1.35 bits per heavy atom. The Bertz CT molecular complexity index is 423. The van der Waals surface area contributed by atoms with E-state index in [1.165, 1.54) is 7.11 Å². The fourth-order valence-electron chi connectivity index (χ4n) is 1.62. The van der Waals surface area contributed by atoms with Crippen LogP contribution < -0.4 is 0 Å². The third kappa shape index (κ3) is 4.26. The number of carbonyl (C=O) groups excluding carboxylic acids is 1. The van der Waals surface area contributed by atoms with Crippen molar-refractivity contribution in [2.75, 3.05) is 7.11 Å². The van der Waals surface area contributed by atoms with E-state index in [-0.39, 0.29) is 12.4 Å². The molecule has 0 aliphatic heterocycles. The fourth-order valence-corrected chi connectivity index (χ4v) is 1.62. The van der Waals surface area contributed by atoms with Gasteiger partial charge in [0.2, 0.25) is 0 Å². The average molecular weight is 236 g/mol. The number of aryl methyl sites for hydroxylation is 2. The summed E-state index contributed by atoms with van der Waals surface area (Å²) in [5.41, 5.74) is 2.81. The maximum atomic E-state index is 11.0. The monoisotopic (exact) mass is 236 g/mol. The van der Waals surface area contributed by atoms with Gasteiger partial charge in [0.15, 0.2) is 0 Å². The summed E-state index contributed by atoms with van der Waals surface area (Å²) in [6.45, 7) is 1.94. The highest BCUT2D eigenvalue weighted by atomic mass is 16.5. The highest BCUT2D eigenvalue weighted by Crippen LogP contribution is 2.14. The van der Waals surface area contributed by atoms with Crippen LogP contribution in [0.1, 0.15) is 23.1 Å². The number of hydrogen-bond donors (Lipinski definition) is 1. The molecule has 4 heteroatoms. The number of methoxy groups -OCH3 is 1. The van der Waals surface area contributed by atoms with Crippen molar-refractivity contribution >= 4 is 11.9 Å². The second-order valence-electron chi connectivity index (χ2n) is 3.91. The van der Waals surface area contributed by atoms with Gasteiger partial charge in [0.1, 0.15) is 0 Å². The van der Waals surface area contributed by atoms with Gasteiger partial charge in [0.05, 0.1) is 13.5 Å². The predicted molar refractivity (Wildman–Crippen MR) is 62.9 cm³/mol. The lowest BCUT2D eigenvalue weighted by Crippen LogP contribution is -2.05. The molecule has 0 aromatic heterocycles. The van der Waals surface area contributed by atoms with Gasteiger partial charge in [0, 0.05) is 6.42 Å². The van der Waals surface area contributed by atoms with Gasteiger partial charge >= 0.3 is 11.9 Å². The van der Waals surface area contributed by atoms with Crippen LogP contribution >= 0.6 is 0 Å². The Kier molecular flexibility index (Phi) is 4.69. The number of benzene rings is 1. The standard InChI is InChI=1S/C13H16O4/c1-9-3-4-10(8-12(14)15)7-11(9)5-6-13(16)17-2/h3-4,7H,5-6,8H2,1-2H3,(H,14,15). The molecule has 4 nitrogen and oxygen atoms in total. The van der Waals surface area contributed by atoms with Crippen molar-refractivity contribution in [3.63, 3.8) is 0 Å². The zero-order chi connectivity index (χ0) is 12.8. The van der Waals surface area contributed by atoms with Gasteiger partial charge in [-0.15, -0.1) is 0 Å². The number of ether oxygens (including phenoxy) is 1. The number of hydrogen-bond acceptors (Lipinski definition) is 3. The SMILES string of the molecule is COC(=O)CCc1cc(CC(=O)O)ccc1C. The van der Waals surface area contributed by atoms with E-state index in [0.717, 1.165) is 16.7 Å². The molecule has 0 spiro atoms. The Morgan fingerprint density at radius 3 is 2.65 bits per heavy atom. The maximum Gasteiger partial charge on any atom is 0.307 e. The van der Waals surface area contributed by atoms with E-state index in [1.54, 1.807) is 6.07 Å². The molecule has 1 rings (SSSR count). The van der Waals surface area contributed by atoms with Crippen LogP contribution in [-0.2, 0) is 27.2 Å². The second kappa shape index (κ2) is 6.03. The summed E-state index contributed by atoms with van der Waals surface area (Å²) in [4.78, 5) is 21.6. The van der Waals surface area contributed by atoms with Crippen molar-refractivity contribution in [2.24, 2.45) is 0 Å². The zero-order valence-corrected chi connectivity index (χ0v) is 10.0. The Balaban J connectivity index is 2.76. The van der Waals surface area contributed by atoms with Crippen LogP contribution in [0.2, 0.25) is 0 Å². The summed E-state index contributed by atoms with van der Waals surface area (Å²) in [6.07, 6.45) is 0.894. The van der Waals surface area contributed by atoms with Crippen LogP contribution in [0.3, 0.4) is 0 Å². The summed E-state index contributed by atoms with van der Waals surface area (Å²) < 4.78 is 4.57. The van der Waals surface area contributed by atoms with Crippen LogP contribution in [0.4, 0.5) is 0 Å². The molecular formula is C13H16O4. The van der Waals surface area contributed by atoms with Gasteiger partial charge in [-0.05, 0) is 30.0 Å². The molecular weight excluding hydrogens is 220 g/mol. The molecule has 0 aliphatic carbocycles. The molecule has 0 atom stereocenters. The van der Waals surface area contributed by atoms with Crippen LogP contribution in [0, 0.1) is 6.92 Å². The fraction of sp³-hybridized carbons (Fsp3) is 0.385. The first-order valence-corrected chi connectivity index (χ1v) is 5.40. The van der Waals surface area contributed by atoms with Crippen LogP contribution in [0.5, 0.6) is 0 Å². The molecule has 92 valence electrons. The minimum absolute atomic E-state index is 0.00546. The van der Waals surface area contributed by atoms with E-state index in [1.807, 2.05) is 19.1 Å². The Hall–Kier alpha value is -1.84. The van der Waals surface area contributed by atoms with E-state index < -0.39 is 5.97 Å². The highest BCUT2D eigenvalue weighted by Gasteiger charge is 2.07. The molecule has 0 heterocycles. The second-order valence-corrected chi connectivity index (χ2v) is 3.91. The first-order valence-electron chi connectivity index (χ1n) is 5.40. The van der Waals surface area contributed by atoms with Gasteiger partial charge in [-0.3, -0.25) is 9.59 Å². The van der Waals surface area contributed by atoms with Gasteiger partial charge < -0.3 is 9.84 Å². The molecule has 0 saturated heterocycles. The summed E-state index contributed by atoms with van der Waals surface area (Å²) in [5.74, 6) is -1.11. The third-order valence-corrected chi connectivity index (χ3v) is 2.60. The van der Waals surface area contributed by atoms with Crippen molar-refractivity contribution < 1.29 is 19.4 Å². The number of carbonyl (C=O) groups is 2. The number of rotatable bonds is 5. The minimum Gasteiger partial charge on any atom is -0.481 e.